The number of rotatable bonds is 4. The number of aromatic nitrogens is 5. The van der Waals surface area contributed by atoms with Crippen LogP contribution in [0.2, 0.25) is 0 Å². The molecule has 11 nitrogen and oxygen atoms in total. The molecule has 0 bridgehead atoms. The van der Waals surface area contributed by atoms with Crippen LogP contribution in [-0.4, -0.2) is 77.1 Å². The lowest BCUT2D eigenvalue weighted by Gasteiger charge is -2.27. The van der Waals surface area contributed by atoms with Gasteiger partial charge in [-0.2, -0.15) is 14.8 Å². The summed E-state index contributed by atoms with van der Waals surface area (Å²) in [6.45, 7) is -0.562. The maximum atomic E-state index is 10.6. The molecule has 0 radical (unpaired) electrons. The van der Waals surface area contributed by atoms with Gasteiger partial charge in [-0.15, -0.1) is 0 Å². The Morgan fingerprint density at radius 1 is 1.43 bits per heavy atom. The Morgan fingerprint density at radius 2 is 2.22 bits per heavy atom. The summed E-state index contributed by atoms with van der Waals surface area (Å²) >= 11 is 0. The van der Waals surface area contributed by atoms with Crippen molar-refractivity contribution in [2.24, 2.45) is 0 Å². The number of aliphatic hydroxyl groups excluding tert-OH is 3. The lowest BCUT2D eigenvalue weighted by molar-refractivity contribution is -0.239. The zero-order valence-electron chi connectivity index (χ0n) is 12.1. The molecule has 1 aliphatic rings. The first-order chi connectivity index (χ1) is 11.0. The highest BCUT2D eigenvalue weighted by Gasteiger charge is 2.55. The predicted octanol–water partition coefficient (Wildman–Crippen LogP) is -2.64. The maximum Gasteiger partial charge on any atom is 0.253 e. The van der Waals surface area contributed by atoms with Crippen LogP contribution in [0.25, 0.3) is 5.95 Å². The van der Waals surface area contributed by atoms with Gasteiger partial charge in [0.25, 0.3) is 5.95 Å². The number of anilines is 1. The molecular weight excluding hydrogens is 308 g/mol. The molecule has 0 amide bonds. The quantitative estimate of drug-likeness (QED) is 0.402. The summed E-state index contributed by atoms with van der Waals surface area (Å²) in [5.74, 6) is -1.91. The van der Waals surface area contributed by atoms with Gasteiger partial charge in [0, 0.05) is 13.2 Å². The highest BCUT2D eigenvalue weighted by Crippen LogP contribution is 2.39. The van der Waals surface area contributed by atoms with Crippen LogP contribution in [0.1, 0.15) is 5.56 Å². The van der Waals surface area contributed by atoms with E-state index in [1.165, 1.54) is 23.5 Å². The van der Waals surface area contributed by atoms with Crippen LogP contribution < -0.4 is 5.32 Å². The molecule has 11 heteroatoms. The van der Waals surface area contributed by atoms with Gasteiger partial charge < -0.3 is 30.5 Å². The third kappa shape index (κ3) is 2.44. The summed E-state index contributed by atoms with van der Waals surface area (Å²) in [5.41, 5.74) is 0.0198. The Labute approximate surface area is 130 Å². The van der Waals surface area contributed by atoms with E-state index in [1.54, 1.807) is 7.05 Å². The van der Waals surface area contributed by atoms with Crippen LogP contribution in [0, 0.1) is 0 Å². The lowest BCUT2D eigenvalue weighted by atomic mass is 9.99. The average Bonchev–Trinajstić information content (AvgIpc) is 3.18. The second-order valence-electron chi connectivity index (χ2n) is 4.99. The van der Waals surface area contributed by atoms with Gasteiger partial charge in [-0.3, -0.25) is 0 Å². The van der Waals surface area contributed by atoms with Gasteiger partial charge in [-0.05, 0) is 0 Å². The van der Waals surface area contributed by atoms with Gasteiger partial charge in [0.05, 0.1) is 12.2 Å². The molecule has 3 heterocycles. The topological polar surface area (TPSA) is 159 Å². The first-order valence-electron chi connectivity index (χ1n) is 6.78. The Kier molecular flexibility index (Phi) is 3.95. The molecule has 5 N–H and O–H groups in total. The van der Waals surface area contributed by atoms with Gasteiger partial charge >= 0.3 is 0 Å². The predicted molar refractivity (Wildman–Crippen MR) is 74.4 cm³/mol. The van der Waals surface area contributed by atoms with E-state index in [9.17, 15) is 15.3 Å². The fourth-order valence-electron chi connectivity index (χ4n) is 2.42. The summed E-state index contributed by atoms with van der Waals surface area (Å²) in [6, 6.07) is 0. The SMILES string of the molecule is CNc1nc(-n2cncn2)ncc1[C@@]1(O)O[C@H](CO)[C@@H](O)[C@H]1O. The van der Waals surface area contributed by atoms with E-state index in [-0.39, 0.29) is 17.3 Å². The molecule has 2 aromatic rings. The minimum Gasteiger partial charge on any atom is -0.394 e. The number of aliphatic hydroxyl groups is 4. The lowest BCUT2D eigenvalue weighted by Crippen LogP contribution is -2.41. The van der Waals surface area contributed by atoms with Crippen molar-refractivity contribution in [2.45, 2.75) is 24.1 Å². The summed E-state index contributed by atoms with van der Waals surface area (Å²) < 4.78 is 6.54. The van der Waals surface area contributed by atoms with E-state index < -0.39 is 30.7 Å². The van der Waals surface area contributed by atoms with E-state index in [0.29, 0.717) is 0 Å². The van der Waals surface area contributed by atoms with Gasteiger partial charge in [0.1, 0.15) is 36.8 Å². The Morgan fingerprint density at radius 3 is 2.78 bits per heavy atom. The summed E-state index contributed by atoms with van der Waals surface area (Å²) in [5, 5.41) is 46.4. The van der Waals surface area contributed by atoms with Gasteiger partial charge in [-0.25, -0.2) is 9.97 Å². The molecule has 0 aliphatic carbocycles. The number of nitrogens with one attached hydrogen (secondary N) is 1. The Bertz CT molecular complexity index is 683. The van der Waals surface area contributed by atoms with E-state index in [2.05, 4.69) is 25.4 Å². The number of ether oxygens (including phenoxy) is 1. The molecule has 0 aromatic carbocycles. The molecule has 1 aliphatic heterocycles. The van der Waals surface area contributed by atoms with Crippen LogP contribution in [0.4, 0.5) is 5.82 Å². The summed E-state index contributed by atoms with van der Waals surface area (Å²) in [7, 11) is 1.56. The van der Waals surface area contributed by atoms with E-state index in [0.717, 1.165) is 0 Å². The molecule has 1 fully saturated rings. The molecule has 0 spiro atoms. The normalized spacial score (nSPS) is 30.6. The molecule has 0 saturated carbocycles. The first kappa shape index (κ1) is 15.7. The number of hydrogen-bond donors (Lipinski definition) is 5. The molecule has 0 unspecified atom stereocenters. The van der Waals surface area contributed by atoms with Crippen molar-refractivity contribution in [3.05, 3.63) is 24.4 Å². The second-order valence-corrected chi connectivity index (χ2v) is 4.99. The highest BCUT2D eigenvalue weighted by molar-refractivity contribution is 5.47. The van der Waals surface area contributed by atoms with Crippen molar-refractivity contribution in [2.75, 3.05) is 19.0 Å². The minimum absolute atomic E-state index is 0.0198. The molecular formula is C12H16N6O5. The fraction of sp³-hybridized carbons (Fsp3) is 0.500. The van der Waals surface area contributed by atoms with Crippen molar-refractivity contribution < 1.29 is 25.2 Å². The first-order valence-corrected chi connectivity index (χ1v) is 6.78. The van der Waals surface area contributed by atoms with Crippen LogP contribution >= 0.6 is 0 Å². The largest absolute Gasteiger partial charge is 0.394 e. The monoisotopic (exact) mass is 324 g/mol. The van der Waals surface area contributed by atoms with Gasteiger partial charge in [-0.1, -0.05) is 0 Å². The zero-order valence-corrected chi connectivity index (χ0v) is 12.1. The molecule has 4 atom stereocenters. The maximum absolute atomic E-state index is 10.6. The fourth-order valence-corrected chi connectivity index (χ4v) is 2.42. The minimum atomic E-state index is -2.26. The van der Waals surface area contributed by atoms with E-state index in [1.807, 2.05) is 0 Å². The zero-order chi connectivity index (χ0) is 16.6. The van der Waals surface area contributed by atoms with Gasteiger partial charge in [0.2, 0.25) is 5.79 Å². The summed E-state index contributed by atoms with van der Waals surface area (Å²) in [4.78, 5) is 12.0. The third-order valence-corrected chi connectivity index (χ3v) is 3.64. The second kappa shape index (κ2) is 5.79. The van der Waals surface area contributed by atoms with Crippen LogP contribution in [-0.2, 0) is 10.5 Å². The van der Waals surface area contributed by atoms with E-state index >= 15 is 0 Å². The number of nitrogens with zero attached hydrogens (tertiary/aromatic N) is 5. The van der Waals surface area contributed by atoms with Crippen molar-refractivity contribution >= 4 is 5.82 Å². The van der Waals surface area contributed by atoms with Crippen LogP contribution in [0.5, 0.6) is 0 Å². The van der Waals surface area contributed by atoms with Crippen molar-refractivity contribution in [1.82, 2.24) is 24.7 Å². The van der Waals surface area contributed by atoms with Crippen LogP contribution in [0.15, 0.2) is 18.9 Å². The van der Waals surface area contributed by atoms with E-state index in [4.69, 9.17) is 9.84 Å². The van der Waals surface area contributed by atoms with Gasteiger partial charge in [0.15, 0.2) is 0 Å². The van der Waals surface area contributed by atoms with Crippen molar-refractivity contribution in [3.8, 4) is 5.95 Å². The van der Waals surface area contributed by atoms with Crippen LogP contribution in [0.3, 0.4) is 0 Å². The Hall–Kier alpha value is -2.18. The Balaban J connectivity index is 2.03. The molecule has 1 saturated heterocycles. The smallest absolute Gasteiger partial charge is 0.253 e. The number of hydrogen-bond acceptors (Lipinski definition) is 10. The molecule has 124 valence electrons. The van der Waals surface area contributed by atoms with Crippen molar-refractivity contribution in [3.63, 3.8) is 0 Å². The molecule has 23 heavy (non-hydrogen) atoms. The molecule has 2 aromatic heterocycles. The average molecular weight is 324 g/mol. The third-order valence-electron chi connectivity index (χ3n) is 3.64. The van der Waals surface area contributed by atoms with Crippen molar-refractivity contribution in [1.29, 1.82) is 0 Å². The molecule has 3 rings (SSSR count). The highest BCUT2D eigenvalue weighted by atomic mass is 16.7. The standard InChI is InChI=1S/C12H16N6O5/c1-13-10-6(2-15-11(17-10)18-5-14-4-16-18)12(22)9(21)8(20)7(3-19)23-12/h2,4-5,7-9,19-22H,3H2,1H3,(H,13,15,17)/t7-,8-,9-,12-/m1/s1. The summed E-state index contributed by atoms with van der Waals surface area (Å²) in [6.07, 6.45) is -0.302.